The van der Waals surface area contributed by atoms with Crippen LogP contribution in [-0.4, -0.2) is 15.2 Å². The summed E-state index contributed by atoms with van der Waals surface area (Å²) in [7, 11) is 0. The summed E-state index contributed by atoms with van der Waals surface area (Å²) in [5.74, 6) is 0.523. The van der Waals surface area contributed by atoms with Crippen molar-refractivity contribution in [2.45, 2.75) is 6.54 Å². The summed E-state index contributed by atoms with van der Waals surface area (Å²) in [6, 6.07) is 9.83. The Bertz CT molecular complexity index is 799. The molecule has 20 heavy (non-hydrogen) atoms. The molecule has 4 N–H and O–H groups in total. The Hall–Kier alpha value is -3.07. The number of nitrogen functional groups attached to an aromatic ring is 1. The Morgan fingerprint density at radius 2 is 2.15 bits per heavy atom. The van der Waals surface area contributed by atoms with Gasteiger partial charge in [-0.25, -0.2) is 0 Å². The van der Waals surface area contributed by atoms with E-state index in [4.69, 9.17) is 5.73 Å². The van der Waals surface area contributed by atoms with E-state index in [1.807, 2.05) is 24.3 Å². The minimum atomic E-state index is 0.491. The van der Waals surface area contributed by atoms with Crippen molar-refractivity contribution in [3.05, 3.63) is 47.8 Å². The topological polar surface area (TPSA) is 103 Å². The van der Waals surface area contributed by atoms with E-state index in [-0.39, 0.29) is 0 Å². The molecule has 0 bridgehead atoms. The average Bonchev–Trinajstić information content (AvgIpc) is 2.90. The van der Waals surface area contributed by atoms with Gasteiger partial charge in [-0.05, 0) is 6.07 Å². The number of hydrogen-bond acceptors (Lipinski definition) is 5. The van der Waals surface area contributed by atoms with Crippen molar-refractivity contribution in [1.82, 2.24) is 15.2 Å². The number of H-pyrrole nitrogens is 1. The van der Waals surface area contributed by atoms with Gasteiger partial charge in [0.2, 0.25) is 0 Å². The summed E-state index contributed by atoms with van der Waals surface area (Å²) < 4.78 is 0. The second-order valence-corrected chi connectivity index (χ2v) is 4.34. The SMILES string of the molecule is N#Cc1cnc2ccccc2c1NCc1cn[nH]c1N. The van der Waals surface area contributed by atoms with Crippen LogP contribution in [0.25, 0.3) is 10.9 Å². The highest BCUT2D eigenvalue weighted by molar-refractivity contribution is 5.93. The fourth-order valence-electron chi connectivity index (χ4n) is 2.06. The first kappa shape index (κ1) is 12.0. The quantitative estimate of drug-likeness (QED) is 0.671. The highest BCUT2D eigenvalue weighted by atomic mass is 15.1. The van der Waals surface area contributed by atoms with Crippen LogP contribution >= 0.6 is 0 Å². The second kappa shape index (κ2) is 4.90. The zero-order valence-electron chi connectivity index (χ0n) is 10.6. The maximum absolute atomic E-state index is 9.22. The highest BCUT2D eigenvalue weighted by Crippen LogP contribution is 2.26. The molecule has 3 rings (SSSR count). The first-order valence-corrected chi connectivity index (χ1v) is 6.09. The molecule has 0 saturated carbocycles. The molecule has 3 aromatic rings. The van der Waals surface area contributed by atoms with Gasteiger partial charge in [0.1, 0.15) is 11.9 Å². The molecule has 0 radical (unpaired) electrons. The van der Waals surface area contributed by atoms with Gasteiger partial charge >= 0.3 is 0 Å². The number of fused-ring (bicyclic) bond motifs is 1. The third-order valence-electron chi connectivity index (χ3n) is 3.10. The van der Waals surface area contributed by atoms with E-state index in [9.17, 15) is 5.26 Å². The molecule has 0 aliphatic heterocycles. The van der Waals surface area contributed by atoms with Gasteiger partial charge in [-0.2, -0.15) is 10.4 Å². The zero-order valence-corrected chi connectivity index (χ0v) is 10.6. The van der Waals surface area contributed by atoms with Gasteiger partial charge in [0.05, 0.1) is 23.0 Å². The number of nitrogens with zero attached hydrogens (tertiary/aromatic N) is 3. The van der Waals surface area contributed by atoms with Crippen LogP contribution in [0.2, 0.25) is 0 Å². The predicted molar refractivity (Wildman–Crippen MR) is 76.8 cm³/mol. The number of pyridine rings is 1. The van der Waals surface area contributed by atoms with Crippen LogP contribution in [0.3, 0.4) is 0 Å². The predicted octanol–water partition coefficient (Wildman–Crippen LogP) is 2.02. The van der Waals surface area contributed by atoms with Crippen LogP contribution in [0.15, 0.2) is 36.7 Å². The van der Waals surface area contributed by atoms with Crippen molar-refractivity contribution in [1.29, 1.82) is 5.26 Å². The third kappa shape index (κ3) is 2.01. The Kier molecular flexibility index (Phi) is 2.94. The highest BCUT2D eigenvalue weighted by Gasteiger charge is 2.09. The number of anilines is 2. The van der Waals surface area contributed by atoms with Crippen molar-refractivity contribution in [3.63, 3.8) is 0 Å². The molecule has 0 aliphatic carbocycles. The Balaban J connectivity index is 2.01. The Labute approximate surface area is 115 Å². The van der Waals surface area contributed by atoms with Gasteiger partial charge in [0, 0.05) is 23.7 Å². The first-order valence-electron chi connectivity index (χ1n) is 6.09. The van der Waals surface area contributed by atoms with Gasteiger partial charge in [0.25, 0.3) is 0 Å². The molecule has 2 aromatic heterocycles. The first-order chi connectivity index (χ1) is 9.79. The number of nitriles is 1. The van der Waals surface area contributed by atoms with Gasteiger partial charge in [0.15, 0.2) is 0 Å². The maximum Gasteiger partial charge on any atom is 0.123 e. The molecule has 0 saturated heterocycles. The average molecular weight is 264 g/mol. The van der Waals surface area contributed by atoms with Crippen molar-refractivity contribution in [3.8, 4) is 6.07 Å². The number of nitrogens with one attached hydrogen (secondary N) is 2. The molecule has 98 valence electrons. The fraction of sp³-hybridized carbons (Fsp3) is 0.0714. The normalized spacial score (nSPS) is 10.3. The largest absolute Gasteiger partial charge is 0.384 e. The van der Waals surface area contributed by atoms with Crippen molar-refractivity contribution < 1.29 is 0 Å². The van der Waals surface area contributed by atoms with E-state index in [1.54, 1.807) is 12.4 Å². The van der Waals surface area contributed by atoms with Crippen molar-refractivity contribution >= 4 is 22.4 Å². The van der Waals surface area contributed by atoms with E-state index < -0.39 is 0 Å². The van der Waals surface area contributed by atoms with Gasteiger partial charge in [-0.1, -0.05) is 18.2 Å². The van der Waals surface area contributed by atoms with E-state index in [0.717, 1.165) is 22.2 Å². The summed E-state index contributed by atoms with van der Waals surface area (Å²) >= 11 is 0. The monoisotopic (exact) mass is 264 g/mol. The van der Waals surface area contributed by atoms with Gasteiger partial charge < -0.3 is 11.1 Å². The number of rotatable bonds is 3. The molecular weight excluding hydrogens is 252 g/mol. The van der Waals surface area contributed by atoms with E-state index >= 15 is 0 Å². The van der Waals surface area contributed by atoms with Crippen LogP contribution in [0.5, 0.6) is 0 Å². The number of benzene rings is 1. The summed E-state index contributed by atoms with van der Waals surface area (Å²) in [4.78, 5) is 4.27. The molecule has 6 nitrogen and oxygen atoms in total. The Morgan fingerprint density at radius 1 is 1.30 bits per heavy atom. The summed E-state index contributed by atoms with van der Waals surface area (Å²) in [5.41, 5.74) is 8.72. The van der Waals surface area contributed by atoms with Gasteiger partial charge in [-0.3, -0.25) is 10.1 Å². The summed E-state index contributed by atoms with van der Waals surface area (Å²) in [6.45, 7) is 0.491. The van der Waals surface area contributed by atoms with Gasteiger partial charge in [-0.15, -0.1) is 0 Å². The minimum Gasteiger partial charge on any atom is -0.384 e. The Morgan fingerprint density at radius 3 is 2.90 bits per heavy atom. The van der Waals surface area contributed by atoms with Crippen LogP contribution in [0.4, 0.5) is 11.5 Å². The molecule has 2 heterocycles. The lowest BCUT2D eigenvalue weighted by molar-refractivity contribution is 1.10. The number of aromatic nitrogens is 3. The summed E-state index contributed by atoms with van der Waals surface area (Å²) in [6.07, 6.45) is 3.24. The fourth-order valence-corrected chi connectivity index (χ4v) is 2.06. The molecule has 0 spiro atoms. The smallest absolute Gasteiger partial charge is 0.123 e. The van der Waals surface area contributed by atoms with Crippen molar-refractivity contribution in [2.24, 2.45) is 0 Å². The standard InChI is InChI=1S/C14H12N6/c15-5-9-6-17-12-4-2-1-3-11(12)13(9)18-7-10-8-19-20-14(10)16/h1-4,6,8H,7H2,(H,17,18)(H3,16,19,20). The second-order valence-electron chi connectivity index (χ2n) is 4.34. The number of nitrogens with two attached hydrogens (primary N) is 1. The van der Waals surface area contributed by atoms with E-state index in [0.29, 0.717) is 17.9 Å². The molecule has 6 heteroatoms. The van der Waals surface area contributed by atoms with E-state index in [2.05, 4.69) is 26.6 Å². The maximum atomic E-state index is 9.22. The van der Waals surface area contributed by atoms with Crippen LogP contribution < -0.4 is 11.1 Å². The van der Waals surface area contributed by atoms with Crippen LogP contribution in [-0.2, 0) is 6.54 Å². The van der Waals surface area contributed by atoms with E-state index in [1.165, 1.54) is 0 Å². The zero-order chi connectivity index (χ0) is 13.9. The van der Waals surface area contributed by atoms with Crippen molar-refractivity contribution in [2.75, 3.05) is 11.1 Å². The number of para-hydroxylation sites is 1. The number of aromatic amines is 1. The lowest BCUT2D eigenvalue weighted by atomic mass is 10.1. The summed E-state index contributed by atoms with van der Waals surface area (Å²) in [5, 5.41) is 19.9. The minimum absolute atomic E-state index is 0.491. The van der Waals surface area contributed by atoms with Crippen LogP contribution in [0, 0.1) is 11.3 Å². The lowest BCUT2D eigenvalue weighted by Gasteiger charge is -2.10. The third-order valence-corrected chi connectivity index (χ3v) is 3.10. The lowest BCUT2D eigenvalue weighted by Crippen LogP contribution is -2.04. The number of hydrogen-bond donors (Lipinski definition) is 3. The molecule has 0 fully saturated rings. The molecule has 0 amide bonds. The molecule has 1 aromatic carbocycles. The molecule has 0 unspecified atom stereocenters. The molecular formula is C14H12N6. The van der Waals surface area contributed by atoms with Crippen LogP contribution in [0.1, 0.15) is 11.1 Å². The molecule has 0 aliphatic rings. The molecule has 0 atom stereocenters.